The molecule has 202 valence electrons. The molecule has 3 aromatic rings. The molecule has 39 heavy (non-hydrogen) atoms. The van der Waals surface area contributed by atoms with Crippen molar-refractivity contribution in [2.45, 2.75) is 31.9 Å². The number of para-hydroxylation sites is 3. The zero-order chi connectivity index (χ0) is 28.2. The highest BCUT2D eigenvalue weighted by atomic mass is 16.5. The van der Waals surface area contributed by atoms with E-state index in [-0.39, 0.29) is 24.9 Å². The molecule has 1 atom stereocenters. The van der Waals surface area contributed by atoms with Gasteiger partial charge in [0.25, 0.3) is 11.8 Å². The van der Waals surface area contributed by atoms with Crippen molar-refractivity contribution in [2.75, 3.05) is 35.5 Å². The van der Waals surface area contributed by atoms with Crippen LogP contribution in [0.3, 0.4) is 0 Å². The lowest BCUT2D eigenvalue weighted by Gasteiger charge is -2.34. The number of carbonyl (C=O) groups is 3. The number of methoxy groups -OCH3 is 2. The molecular formula is C31H33N3O5. The van der Waals surface area contributed by atoms with E-state index in [0.29, 0.717) is 28.5 Å². The molecule has 0 aromatic heterocycles. The predicted molar refractivity (Wildman–Crippen MR) is 153 cm³/mol. The Hall–Kier alpha value is -4.43. The molecule has 0 fully saturated rings. The van der Waals surface area contributed by atoms with Crippen molar-refractivity contribution in [3.63, 3.8) is 0 Å². The lowest BCUT2D eigenvalue weighted by Crippen LogP contribution is -2.59. The van der Waals surface area contributed by atoms with Crippen LogP contribution in [-0.2, 0) is 19.1 Å². The number of anilines is 4. The molecule has 0 spiro atoms. The third-order valence-electron chi connectivity index (χ3n) is 6.78. The number of fused-ring (bicyclic) bond motifs is 1. The first-order valence-electron chi connectivity index (χ1n) is 12.7. The minimum absolute atomic E-state index is 0.0739. The third kappa shape index (κ3) is 5.03. The molecule has 8 nitrogen and oxygen atoms in total. The molecule has 8 heteroatoms. The second-order valence-electron chi connectivity index (χ2n) is 9.44. The smallest absolute Gasteiger partial charge is 0.274 e. The maximum Gasteiger partial charge on any atom is 0.274 e. The maximum absolute atomic E-state index is 14.3. The molecule has 1 aliphatic heterocycles. The molecule has 0 radical (unpaired) electrons. The largest absolute Gasteiger partial charge is 0.497 e. The topological polar surface area (TPSA) is 79.4 Å². The molecule has 1 aliphatic rings. The van der Waals surface area contributed by atoms with Gasteiger partial charge in [-0.2, -0.15) is 0 Å². The van der Waals surface area contributed by atoms with Crippen LogP contribution in [0.5, 0.6) is 5.75 Å². The van der Waals surface area contributed by atoms with E-state index < -0.39 is 17.4 Å². The highest BCUT2D eigenvalue weighted by molar-refractivity contribution is 6.26. The van der Waals surface area contributed by atoms with Crippen molar-refractivity contribution in [3.8, 4) is 5.75 Å². The van der Waals surface area contributed by atoms with Crippen molar-refractivity contribution in [3.05, 3.63) is 91.5 Å². The van der Waals surface area contributed by atoms with Gasteiger partial charge >= 0.3 is 0 Å². The van der Waals surface area contributed by atoms with Crippen molar-refractivity contribution in [1.82, 2.24) is 0 Å². The normalized spacial score (nSPS) is 17.1. The summed E-state index contributed by atoms with van der Waals surface area (Å²) in [5.74, 6) is -0.838. The Labute approximate surface area is 229 Å². The molecule has 3 amide bonds. The van der Waals surface area contributed by atoms with Crippen LogP contribution in [0, 0.1) is 0 Å². The number of nitrogens with zero attached hydrogens (tertiary/aromatic N) is 3. The van der Waals surface area contributed by atoms with Gasteiger partial charge in [-0.25, -0.2) is 0 Å². The molecule has 4 rings (SSSR count). The number of benzene rings is 3. The number of amides is 3. The van der Waals surface area contributed by atoms with Gasteiger partial charge in [0.15, 0.2) is 0 Å². The van der Waals surface area contributed by atoms with Gasteiger partial charge in [-0.05, 0) is 62.4 Å². The summed E-state index contributed by atoms with van der Waals surface area (Å²) < 4.78 is 11.0. The fourth-order valence-electron chi connectivity index (χ4n) is 4.90. The summed E-state index contributed by atoms with van der Waals surface area (Å²) in [4.78, 5) is 46.9. The molecule has 0 saturated heterocycles. The monoisotopic (exact) mass is 527 g/mol. The van der Waals surface area contributed by atoms with E-state index in [1.807, 2.05) is 32.0 Å². The van der Waals surface area contributed by atoms with Crippen molar-refractivity contribution < 1.29 is 23.9 Å². The fourth-order valence-corrected chi connectivity index (χ4v) is 4.90. The van der Waals surface area contributed by atoms with Crippen LogP contribution >= 0.6 is 0 Å². The summed E-state index contributed by atoms with van der Waals surface area (Å²) in [6.07, 6.45) is 1.41. The second kappa shape index (κ2) is 11.5. The van der Waals surface area contributed by atoms with Crippen molar-refractivity contribution in [1.29, 1.82) is 0 Å². The summed E-state index contributed by atoms with van der Waals surface area (Å²) in [5.41, 5.74) is 0.216. The average molecular weight is 528 g/mol. The van der Waals surface area contributed by atoms with Crippen LogP contribution < -0.4 is 19.4 Å². The van der Waals surface area contributed by atoms with E-state index >= 15 is 0 Å². The summed E-state index contributed by atoms with van der Waals surface area (Å²) in [7, 11) is 2.91. The number of rotatable bonds is 9. The first-order chi connectivity index (χ1) is 18.8. The van der Waals surface area contributed by atoms with Crippen LogP contribution in [0.4, 0.5) is 22.7 Å². The number of hydrogen-bond donors (Lipinski definition) is 0. The molecule has 0 saturated carbocycles. The Morgan fingerprint density at radius 2 is 1.54 bits per heavy atom. The zero-order valence-corrected chi connectivity index (χ0v) is 22.7. The van der Waals surface area contributed by atoms with Gasteiger partial charge in [-0.15, -0.1) is 6.58 Å². The van der Waals surface area contributed by atoms with Crippen LogP contribution in [-0.4, -0.2) is 50.1 Å². The van der Waals surface area contributed by atoms with Gasteiger partial charge < -0.3 is 14.4 Å². The van der Waals surface area contributed by atoms with Crippen LogP contribution in [0.15, 0.2) is 91.5 Å². The average Bonchev–Trinajstić information content (AvgIpc) is 3.02. The first-order valence-corrected chi connectivity index (χ1v) is 12.7. The van der Waals surface area contributed by atoms with E-state index in [1.54, 1.807) is 72.7 Å². The van der Waals surface area contributed by atoms with Crippen LogP contribution in [0.1, 0.15) is 20.3 Å². The fraction of sp³-hybridized carbons (Fsp3) is 0.258. The summed E-state index contributed by atoms with van der Waals surface area (Å²) in [5, 5.41) is 0. The molecular weight excluding hydrogens is 494 g/mol. The van der Waals surface area contributed by atoms with Gasteiger partial charge in [0, 0.05) is 30.9 Å². The van der Waals surface area contributed by atoms with Gasteiger partial charge in [-0.3, -0.25) is 24.2 Å². The molecule has 0 N–H and O–H groups in total. The molecule has 1 heterocycles. The van der Waals surface area contributed by atoms with E-state index in [1.165, 1.54) is 23.0 Å². The maximum atomic E-state index is 14.3. The lowest BCUT2D eigenvalue weighted by atomic mass is 9.95. The predicted octanol–water partition coefficient (Wildman–Crippen LogP) is 5.11. The van der Waals surface area contributed by atoms with Crippen molar-refractivity contribution in [2.24, 2.45) is 0 Å². The minimum atomic E-state index is -1.92. The summed E-state index contributed by atoms with van der Waals surface area (Å²) in [6, 6.07) is 23.1. The van der Waals surface area contributed by atoms with Crippen LogP contribution in [0.2, 0.25) is 0 Å². The quantitative estimate of drug-likeness (QED) is 0.285. The van der Waals surface area contributed by atoms with Gasteiger partial charge in [0.2, 0.25) is 11.5 Å². The van der Waals surface area contributed by atoms with Gasteiger partial charge in [0.1, 0.15) is 12.3 Å². The van der Waals surface area contributed by atoms with E-state index in [0.717, 1.165) is 0 Å². The third-order valence-corrected chi connectivity index (χ3v) is 6.78. The van der Waals surface area contributed by atoms with E-state index in [9.17, 15) is 14.4 Å². The first kappa shape index (κ1) is 27.6. The zero-order valence-electron chi connectivity index (χ0n) is 22.7. The minimum Gasteiger partial charge on any atom is -0.497 e. The second-order valence-corrected chi connectivity index (χ2v) is 9.44. The number of hydrogen-bond acceptors (Lipinski definition) is 5. The molecule has 3 aromatic carbocycles. The Morgan fingerprint density at radius 3 is 2.10 bits per heavy atom. The molecule has 0 aliphatic carbocycles. The highest BCUT2D eigenvalue weighted by Crippen LogP contribution is 2.42. The Bertz CT molecular complexity index is 1360. The summed E-state index contributed by atoms with van der Waals surface area (Å²) >= 11 is 0. The summed E-state index contributed by atoms with van der Waals surface area (Å²) in [6.45, 7) is 7.27. The Morgan fingerprint density at radius 1 is 0.923 bits per heavy atom. The van der Waals surface area contributed by atoms with E-state index in [4.69, 9.17) is 9.47 Å². The number of carbonyl (C=O) groups excluding carboxylic acids is 3. The SMILES string of the molecule is C=CCC1(OC)C(=O)N(CC(=O)N(c2ccc(OC)cc2)C(C)C)c2ccccc2N(c2ccccc2)C1=O. The van der Waals surface area contributed by atoms with Crippen molar-refractivity contribution >= 4 is 40.5 Å². The lowest BCUT2D eigenvalue weighted by molar-refractivity contribution is -0.153. The standard InChI is InChI=1S/C31H33N3O5/c1-6-20-31(39-5)29(36)32(21-28(35)33(22(2)3)24-16-18-25(38-4)19-17-24)26-14-10-11-15-27(26)34(30(31)37)23-12-8-7-9-13-23/h6-19,22H,1,20-21H2,2-5H3. The number of ether oxygens (including phenoxy) is 2. The van der Waals surface area contributed by atoms with Crippen LogP contribution in [0.25, 0.3) is 0 Å². The van der Waals surface area contributed by atoms with E-state index in [2.05, 4.69) is 6.58 Å². The highest BCUT2D eigenvalue weighted by Gasteiger charge is 2.54. The Kier molecular flexibility index (Phi) is 8.16. The molecule has 0 bridgehead atoms. The van der Waals surface area contributed by atoms with Gasteiger partial charge in [-0.1, -0.05) is 36.4 Å². The molecule has 1 unspecified atom stereocenters. The Balaban J connectivity index is 1.85. The van der Waals surface area contributed by atoms with Gasteiger partial charge in [0.05, 0.1) is 18.5 Å².